The van der Waals surface area contributed by atoms with E-state index in [0.717, 1.165) is 17.5 Å². The Balaban J connectivity index is 1.77. The number of benzene rings is 2. The fourth-order valence-corrected chi connectivity index (χ4v) is 4.68. The minimum absolute atomic E-state index is 0.187. The van der Waals surface area contributed by atoms with Crippen LogP contribution in [0.5, 0.6) is 5.75 Å². The normalized spacial score (nSPS) is 32.5. The molecule has 2 aromatic rings. The van der Waals surface area contributed by atoms with Gasteiger partial charge in [0, 0.05) is 17.0 Å². The van der Waals surface area contributed by atoms with Gasteiger partial charge >= 0.3 is 0 Å². The van der Waals surface area contributed by atoms with Gasteiger partial charge in [-0.3, -0.25) is 0 Å². The zero-order valence-corrected chi connectivity index (χ0v) is 17.9. The van der Waals surface area contributed by atoms with Crippen LogP contribution in [0.25, 0.3) is 0 Å². The van der Waals surface area contributed by atoms with Crippen LogP contribution in [0.3, 0.4) is 0 Å². The van der Waals surface area contributed by atoms with E-state index in [1.165, 1.54) is 5.56 Å². The van der Waals surface area contributed by atoms with Crippen molar-refractivity contribution in [1.29, 1.82) is 0 Å². The Morgan fingerprint density at radius 3 is 2.35 bits per heavy atom. The lowest BCUT2D eigenvalue weighted by atomic mass is 9.75. The van der Waals surface area contributed by atoms with Crippen LogP contribution < -0.4 is 4.74 Å². The SMILES string of the molecule is CCc1ccc(Cc2cc3c(cc2Cl)OC(O)C[C@]32O[C@H](CO)[C@@H](O)[C@H](O)[C@H]2O)cc1. The first-order valence-corrected chi connectivity index (χ1v) is 10.7. The summed E-state index contributed by atoms with van der Waals surface area (Å²) in [5, 5.41) is 51.8. The van der Waals surface area contributed by atoms with Crippen molar-refractivity contribution >= 4 is 11.6 Å². The maximum Gasteiger partial charge on any atom is 0.200 e. The van der Waals surface area contributed by atoms with E-state index in [1.807, 2.05) is 12.1 Å². The summed E-state index contributed by atoms with van der Waals surface area (Å²) in [6.45, 7) is 1.52. The molecule has 7 nitrogen and oxygen atoms in total. The fraction of sp³-hybridized carbons (Fsp3) is 0.478. The highest BCUT2D eigenvalue weighted by Gasteiger charge is 2.57. The first-order chi connectivity index (χ1) is 14.8. The van der Waals surface area contributed by atoms with E-state index in [0.29, 0.717) is 17.0 Å². The van der Waals surface area contributed by atoms with E-state index < -0.39 is 42.9 Å². The summed E-state index contributed by atoms with van der Waals surface area (Å²) in [5.41, 5.74) is 1.84. The molecular weight excluding hydrogens is 424 g/mol. The summed E-state index contributed by atoms with van der Waals surface area (Å²) in [7, 11) is 0. The number of fused-ring (bicyclic) bond motifs is 2. The maximum atomic E-state index is 10.9. The van der Waals surface area contributed by atoms with Gasteiger partial charge in [0.1, 0.15) is 35.8 Å². The number of halogens is 1. The highest BCUT2D eigenvalue weighted by molar-refractivity contribution is 6.31. The first kappa shape index (κ1) is 22.5. The number of hydrogen-bond donors (Lipinski definition) is 5. The molecule has 0 amide bonds. The van der Waals surface area contributed by atoms with Gasteiger partial charge in [0.15, 0.2) is 0 Å². The molecule has 1 fully saturated rings. The molecule has 1 saturated heterocycles. The number of aliphatic hydroxyl groups excluding tert-OH is 5. The molecule has 2 aromatic carbocycles. The van der Waals surface area contributed by atoms with Crippen LogP contribution in [0.2, 0.25) is 5.02 Å². The summed E-state index contributed by atoms with van der Waals surface area (Å²) < 4.78 is 11.5. The standard InChI is InChI=1S/C23H27ClO7/c1-2-12-3-5-13(6-4-12)7-14-8-15-17(9-16(14)24)30-19(26)10-23(15)22(29)21(28)20(27)18(11-25)31-23/h3-6,8-9,18-22,25-29H,2,7,10-11H2,1H3/t18-,19?,20-,21+,22-,23+/m1/s1. The van der Waals surface area contributed by atoms with E-state index in [1.54, 1.807) is 12.1 Å². The van der Waals surface area contributed by atoms with E-state index in [9.17, 15) is 25.5 Å². The van der Waals surface area contributed by atoms with E-state index in [2.05, 4.69) is 19.1 Å². The van der Waals surface area contributed by atoms with Gasteiger partial charge in [0.2, 0.25) is 6.29 Å². The van der Waals surface area contributed by atoms with Crippen LogP contribution in [0, 0.1) is 0 Å². The number of ether oxygens (including phenoxy) is 2. The van der Waals surface area contributed by atoms with Crippen molar-refractivity contribution in [2.45, 2.75) is 62.5 Å². The Hall–Kier alpha value is -1.71. The Kier molecular flexibility index (Phi) is 6.29. The Labute approximate surface area is 185 Å². The molecule has 4 rings (SSSR count). The molecular formula is C23H27ClO7. The molecule has 6 atom stereocenters. The Morgan fingerprint density at radius 2 is 1.71 bits per heavy atom. The molecule has 2 aliphatic heterocycles. The third-order valence-corrected chi connectivity index (χ3v) is 6.60. The van der Waals surface area contributed by atoms with Crippen molar-refractivity contribution in [3.8, 4) is 5.75 Å². The Bertz CT molecular complexity index is 932. The quantitative estimate of drug-likeness (QED) is 0.475. The minimum Gasteiger partial charge on any atom is -0.465 e. The molecule has 1 spiro atoms. The van der Waals surface area contributed by atoms with Crippen LogP contribution >= 0.6 is 11.6 Å². The number of hydrogen-bond acceptors (Lipinski definition) is 7. The van der Waals surface area contributed by atoms with Crippen LogP contribution in [0.4, 0.5) is 0 Å². The molecule has 168 valence electrons. The van der Waals surface area contributed by atoms with E-state index >= 15 is 0 Å². The lowest BCUT2D eigenvalue weighted by Gasteiger charge is -2.51. The summed E-state index contributed by atoms with van der Waals surface area (Å²) in [4.78, 5) is 0. The zero-order valence-electron chi connectivity index (χ0n) is 17.1. The summed E-state index contributed by atoms with van der Waals surface area (Å²) >= 11 is 6.49. The van der Waals surface area contributed by atoms with Crippen LogP contribution in [-0.4, -0.2) is 62.8 Å². The summed E-state index contributed by atoms with van der Waals surface area (Å²) in [6.07, 6.45) is -5.81. The molecule has 0 aromatic heterocycles. The highest BCUT2D eigenvalue weighted by atomic mass is 35.5. The third-order valence-electron chi connectivity index (χ3n) is 6.24. The smallest absolute Gasteiger partial charge is 0.200 e. The van der Waals surface area contributed by atoms with Crippen molar-refractivity contribution in [3.05, 3.63) is 63.7 Å². The number of rotatable bonds is 4. The monoisotopic (exact) mass is 450 g/mol. The van der Waals surface area contributed by atoms with Gasteiger partial charge in [-0.1, -0.05) is 42.8 Å². The van der Waals surface area contributed by atoms with Gasteiger partial charge in [-0.15, -0.1) is 0 Å². The molecule has 1 unspecified atom stereocenters. The molecule has 8 heteroatoms. The molecule has 0 saturated carbocycles. The van der Waals surface area contributed by atoms with Gasteiger partial charge in [0.05, 0.1) is 6.61 Å². The fourth-order valence-electron chi connectivity index (χ4n) is 4.46. The maximum absolute atomic E-state index is 10.9. The second kappa shape index (κ2) is 8.67. The van der Waals surface area contributed by atoms with Crippen molar-refractivity contribution in [1.82, 2.24) is 0 Å². The number of aryl methyl sites for hydroxylation is 1. The lowest BCUT2D eigenvalue weighted by Crippen LogP contribution is -2.65. The van der Waals surface area contributed by atoms with E-state index in [4.69, 9.17) is 21.1 Å². The molecule has 31 heavy (non-hydrogen) atoms. The zero-order chi connectivity index (χ0) is 22.3. The minimum atomic E-state index is -1.58. The summed E-state index contributed by atoms with van der Waals surface area (Å²) in [5.74, 6) is 0.216. The van der Waals surface area contributed by atoms with Crippen molar-refractivity contribution in [2.75, 3.05) is 6.61 Å². The third kappa shape index (κ3) is 3.96. The molecule has 2 heterocycles. The molecule has 0 aliphatic carbocycles. The van der Waals surface area contributed by atoms with Gasteiger partial charge in [0.25, 0.3) is 0 Å². The van der Waals surface area contributed by atoms with Crippen LogP contribution in [0.15, 0.2) is 36.4 Å². The topological polar surface area (TPSA) is 120 Å². The van der Waals surface area contributed by atoms with Crippen molar-refractivity contribution in [3.63, 3.8) is 0 Å². The van der Waals surface area contributed by atoms with Crippen LogP contribution in [0.1, 0.15) is 35.6 Å². The van der Waals surface area contributed by atoms with Gasteiger partial charge < -0.3 is 35.0 Å². The van der Waals surface area contributed by atoms with Crippen LogP contribution in [-0.2, 0) is 23.2 Å². The summed E-state index contributed by atoms with van der Waals surface area (Å²) in [6, 6.07) is 11.5. The molecule has 5 N–H and O–H groups in total. The largest absolute Gasteiger partial charge is 0.465 e. The van der Waals surface area contributed by atoms with Crippen molar-refractivity contribution < 1.29 is 35.0 Å². The average molecular weight is 451 g/mol. The second-order valence-electron chi connectivity index (χ2n) is 8.22. The average Bonchev–Trinajstić information content (AvgIpc) is 2.76. The van der Waals surface area contributed by atoms with Gasteiger partial charge in [-0.05, 0) is 41.7 Å². The number of aliphatic hydroxyl groups is 5. The predicted octanol–water partition coefficient (Wildman–Crippen LogP) is 1.26. The second-order valence-corrected chi connectivity index (χ2v) is 8.62. The van der Waals surface area contributed by atoms with Gasteiger partial charge in [-0.25, -0.2) is 0 Å². The van der Waals surface area contributed by atoms with Gasteiger partial charge in [-0.2, -0.15) is 0 Å². The highest BCUT2D eigenvalue weighted by Crippen LogP contribution is 2.49. The molecule has 0 radical (unpaired) electrons. The lowest BCUT2D eigenvalue weighted by molar-refractivity contribution is -0.298. The first-order valence-electron chi connectivity index (χ1n) is 10.4. The molecule has 0 bridgehead atoms. The van der Waals surface area contributed by atoms with E-state index in [-0.39, 0.29) is 12.2 Å². The predicted molar refractivity (Wildman–Crippen MR) is 113 cm³/mol. The Morgan fingerprint density at radius 1 is 1.03 bits per heavy atom. The molecule has 2 aliphatic rings. The van der Waals surface area contributed by atoms with Crippen molar-refractivity contribution in [2.24, 2.45) is 0 Å².